The van der Waals surface area contributed by atoms with E-state index in [9.17, 15) is 0 Å². The Morgan fingerprint density at radius 3 is 2.52 bits per heavy atom. The fraction of sp³-hybridized carbons (Fsp3) is 0.650. The maximum Gasteiger partial charge on any atom is 0.191 e. The van der Waals surface area contributed by atoms with Crippen molar-refractivity contribution in [2.75, 3.05) is 26.8 Å². The molecule has 0 heterocycles. The number of nitrogens with zero attached hydrogens (tertiary/aromatic N) is 1. The fourth-order valence-electron chi connectivity index (χ4n) is 3.58. The van der Waals surface area contributed by atoms with Crippen LogP contribution < -0.4 is 10.6 Å². The molecule has 0 aromatic heterocycles. The minimum atomic E-state index is 0. The molecule has 0 atom stereocenters. The van der Waals surface area contributed by atoms with Gasteiger partial charge in [-0.2, -0.15) is 0 Å². The van der Waals surface area contributed by atoms with Crippen LogP contribution in [0.4, 0.5) is 0 Å². The average Bonchev–Trinajstić information content (AvgIpc) is 3.43. The van der Waals surface area contributed by atoms with E-state index in [4.69, 9.17) is 9.73 Å². The molecule has 1 aromatic rings. The molecule has 2 aliphatic carbocycles. The Labute approximate surface area is 169 Å². The number of halogens is 1. The van der Waals surface area contributed by atoms with Crippen molar-refractivity contribution in [3.05, 3.63) is 35.9 Å². The highest BCUT2D eigenvalue weighted by molar-refractivity contribution is 14.0. The van der Waals surface area contributed by atoms with Gasteiger partial charge in [0.1, 0.15) is 0 Å². The van der Waals surface area contributed by atoms with Crippen LogP contribution in [-0.4, -0.2) is 38.8 Å². The Kier molecular flexibility index (Phi) is 8.49. The number of rotatable bonds is 7. The first-order valence-corrected chi connectivity index (χ1v) is 9.42. The molecule has 2 fully saturated rings. The Morgan fingerprint density at radius 2 is 1.88 bits per heavy atom. The van der Waals surface area contributed by atoms with Gasteiger partial charge in [0.25, 0.3) is 0 Å². The van der Waals surface area contributed by atoms with E-state index < -0.39 is 0 Å². The van der Waals surface area contributed by atoms with Gasteiger partial charge in [-0.3, -0.25) is 4.99 Å². The van der Waals surface area contributed by atoms with Crippen molar-refractivity contribution in [3.8, 4) is 0 Å². The van der Waals surface area contributed by atoms with Gasteiger partial charge in [-0.1, -0.05) is 49.6 Å². The van der Waals surface area contributed by atoms with Crippen molar-refractivity contribution < 1.29 is 4.74 Å². The second-order valence-corrected chi connectivity index (χ2v) is 7.21. The average molecular weight is 457 g/mol. The van der Waals surface area contributed by atoms with Gasteiger partial charge in [-0.15, -0.1) is 24.0 Å². The monoisotopic (exact) mass is 457 g/mol. The second kappa shape index (κ2) is 10.4. The number of hydrogen-bond acceptors (Lipinski definition) is 2. The summed E-state index contributed by atoms with van der Waals surface area (Å²) in [5.41, 5.74) is 1.70. The zero-order valence-corrected chi connectivity index (χ0v) is 17.6. The number of hydrogen-bond donors (Lipinski definition) is 2. The number of benzene rings is 1. The van der Waals surface area contributed by atoms with E-state index in [0.717, 1.165) is 19.0 Å². The zero-order chi connectivity index (χ0) is 16.7. The molecule has 3 rings (SSSR count). The normalized spacial score (nSPS) is 19.8. The number of methoxy groups -OCH3 is 1. The van der Waals surface area contributed by atoms with Gasteiger partial charge in [-0.05, 0) is 31.2 Å². The third-order valence-electron chi connectivity index (χ3n) is 5.32. The maximum absolute atomic E-state index is 5.16. The molecule has 5 heteroatoms. The van der Waals surface area contributed by atoms with Crippen molar-refractivity contribution in [2.24, 2.45) is 4.99 Å². The van der Waals surface area contributed by atoms with E-state index in [0.29, 0.717) is 12.6 Å². The number of ether oxygens (including phenoxy) is 1. The van der Waals surface area contributed by atoms with Gasteiger partial charge in [0.15, 0.2) is 5.96 Å². The number of guanidine groups is 1. The largest absolute Gasteiger partial charge is 0.383 e. The predicted octanol–water partition coefficient (Wildman–Crippen LogP) is 3.85. The lowest BCUT2D eigenvalue weighted by atomic mass is 9.95. The van der Waals surface area contributed by atoms with E-state index in [1.165, 1.54) is 50.5 Å². The molecule has 0 spiro atoms. The maximum atomic E-state index is 5.16. The molecule has 0 unspecified atom stereocenters. The van der Waals surface area contributed by atoms with Crippen LogP contribution in [0.15, 0.2) is 35.3 Å². The molecule has 2 N–H and O–H groups in total. The summed E-state index contributed by atoms with van der Waals surface area (Å²) in [5, 5.41) is 7.08. The standard InChI is InChI=1S/C20H31N3O.HI/c1-24-15-14-21-19(23-18-10-6-3-7-11-18)22-16-20(12-13-20)17-8-4-2-5-9-17;/h2,4-5,8-9,18H,3,6-7,10-16H2,1H3,(H2,21,22,23);1H. The van der Waals surface area contributed by atoms with E-state index in [-0.39, 0.29) is 29.4 Å². The van der Waals surface area contributed by atoms with E-state index in [1.54, 1.807) is 7.11 Å². The highest BCUT2D eigenvalue weighted by Gasteiger charge is 2.44. The van der Waals surface area contributed by atoms with Gasteiger partial charge in [0.05, 0.1) is 13.2 Å². The van der Waals surface area contributed by atoms with Crippen LogP contribution in [-0.2, 0) is 10.2 Å². The lowest BCUT2D eigenvalue weighted by molar-refractivity contribution is 0.203. The molecular weight excluding hydrogens is 425 g/mol. The van der Waals surface area contributed by atoms with Gasteiger partial charge in [-0.25, -0.2) is 0 Å². The van der Waals surface area contributed by atoms with Gasteiger partial charge < -0.3 is 15.4 Å². The highest BCUT2D eigenvalue weighted by atomic mass is 127. The third kappa shape index (κ3) is 6.13. The SMILES string of the molecule is COCCNC(=NCC1(c2ccccc2)CC1)NC1CCCCC1.I. The van der Waals surface area contributed by atoms with Crippen molar-refractivity contribution in [2.45, 2.75) is 56.4 Å². The summed E-state index contributed by atoms with van der Waals surface area (Å²) in [6.07, 6.45) is 9.04. The molecule has 0 saturated heterocycles. The number of nitrogens with one attached hydrogen (secondary N) is 2. The smallest absolute Gasteiger partial charge is 0.191 e. The Morgan fingerprint density at radius 1 is 1.16 bits per heavy atom. The van der Waals surface area contributed by atoms with Crippen LogP contribution >= 0.6 is 24.0 Å². The third-order valence-corrected chi connectivity index (χ3v) is 5.32. The molecule has 0 amide bonds. The molecule has 4 nitrogen and oxygen atoms in total. The number of aliphatic imine (C=N–C) groups is 1. The molecule has 25 heavy (non-hydrogen) atoms. The van der Waals surface area contributed by atoms with Crippen LogP contribution in [0.3, 0.4) is 0 Å². The molecule has 2 aliphatic rings. The van der Waals surface area contributed by atoms with E-state index >= 15 is 0 Å². The van der Waals surface area contributed by atoms with Crippen LogP contribution in [0, 0.1) is 0 Å². The molecular formula is C20H32IN3O. The first-order chi connectivity index (χ1) is 11.8. The summed E-state index contributed by atoms with van der Waals surface area (Å²) < 4.78 is 5.16. The van der Waals surface area contributed by atoms with Crippen LogP contribution in [0.2, 0.25) is 0 Å². The van der Waals surface area contributed by atoms with E-state index in [2.05, 4.69) is 41.0 Å². The fourth-order valence-corrected chi connectivity index (χ4v) is 3.58. The Balaban J connectivity index is 0.00000225. The molecule has 1 aromatic carbocycles. The summed E-state index contributed by atoms with van der Waals surface area (Å²) in [4.78, 5) is 4.94. The van der Waals surface area contributed by atoms with Gasteiger partial charge in [0.2, 0.25) is 0 Å². The lowest BCUT2D eigenvalue weighted by Gasteiger charge is -2.25. The molecule has 2 saturated carbocycles. The summed E-state index contributed by atoms with van der Waals surface area (Å²) >= 11 is 0. The lowest BCUT2D eigenvalue weighted by Crippen LogP contribution is -2.45. The Hall–Kier alpha value is -0.820. The first-order valence-electron chi connectivity index (χ1n) is 9.42. The quantitative estimate of drug-likeness (QED) is 0.283. The summed E-state index contributed by atoms with van der Waals surface area (Å²) in [6, 6.07) is 11.4. The summed E-state index contributed by atoms with van der Waals surface area (Å²) in [6.45, 7) is 2.37. The minimum Gasteiger partial charge on any atom is -0.383 e. The van der Waals surface area contributed by atoms with Crippen LogP contribution in [0.5, 0.6) is 0 Å². The van der Waals surface area contributed by atoms with Crippen LogP contribution in [0.25, 0.3) is 0 Å². The van der Waals surface area contributed by atoms with Crippen LogP contribution in [0.1, 0.15) is 50.5 Å². The van der Waals surface area contributed by atoms with E-state index in [1.807, 2.05) is 0 Å². The van der Waals surface area contributed by atoms with Gasteiger partial charge in [0, 0.05) is 25.1 Å². The Bertz CT molecular complexity index is 525. The molecule has 140 valence electrons. The molecule has 0 bridgehead atoms. The molecule has 0 aliphatic heterocycles. The second-order valence-electron chi connectivity index (χ2n) is 7.21. The van der Waals surface area contributed by atoms with Crippen molar-refractivity contribution >= 4 is 29.9 Å². The summed E-state index contributed by atoms with van der Waals surface area (Å²) in [7, 11) is 1.74. The zero-order valence-electron chi connectivity index (χ0n) is 15.3. The van der Waals surface area contributed by atoms with Crippen molar-refractivity contribution in [3.63, 3.8) is 0 Å². The highest BCUT2D eigenvalue weighted by Crippen LogP contribution is 2.48. The van der Waals surface area contributed by atoms with Gasteiger partial charge >= 0.3 is 0 Å². The first kappa shape index (κ1) is 20.5. The minimum absolute atomic E-state index is 0. The summed E-state index contributed by atoms with van der Waals surface area (Å²) in [5.74, 6) is 0.959. The van der Waals surface area contributed by atoms with Crippen molar-refractivity contribution in [1.82, 2.24) is 10.6 Å². The molecule has 0 radical (unpaired) electrons. The topological polar surface area (TPSA) is 45.6 Å². The predicted molar refractivity (Wildman–Crippen MR) is 115 cm³/mol. The van der Waals surface area contributed by atoms with Crippen molar-refractivity contribution in [1.29, 1.82) is 0 Å².